The number of likely N-dealkylation sites (tertiary alicyclic amines) is 1. The van der Waals surface area contributed by atoms with E-state index in [2.05, 4.69) is 12.2 Å². The summed E-state index contributed by atoms with van der Waals surface area (Å²) in [6.07, 6.45) is 6.54. The second kappa shape index (κ2) is 7.12. The molecule has 2 heterocycles. The zero-order chi connectivity index (χ0) is 14.4. The quantitative estimate of drug-likeness (QED) is 0.838. The van der Waals surface area contributed by atoms with Crippen LogP contribution in [0.4, 0.5) is 0 Å². The van der Waals surface area contributed by atoms with Gasteiger partial charge in [0.1, 0.15) is 6.26 Å². The van der Waals surface area contributed by atoms with Crippen LogP contribution in [0.5, 0.6) is 0 Å². The number of carbonyl (C=O) groups excluding carboxylic acids is 2. The molecule has 1 aromatic heterocycles. The van der Waals surface area contributed by atoms with Gasteiger partial charge in [0, 0.05) is 25.6 Å². The Kier molecular flexibility index (Phi) is 5.21. The first-order valence-corrected chi connectivity index (χ1v) is 7.31. The summed E-state index contributed by atoms with van der Waals surface area (Å²) in [4.78, 5) is 25.9. The number of rotatable bonds is 5. The molecule has 5 nitrogen and oxygen atoms in total. The third-order valence-corrected chi connectivity index (χ3v) is 3.75. The second-order valence-electron chi connectivity index (χ2n) is 5.22. The molecule has 5 heteroatoms. The first kappa shape index (κ1) is 14.6. The molecule has 1 aliphatic heterocycles. The second-order valence-corrected chi connectivity index (χ2v) is 5.22. The third kappa shape index (κ3) is 3.62. The molecule has 0 atom stereocenters. The minimum absolute atomic E-state index is 0.0106. The average molecular weight is 278 g/mol. The minimum Gasteiger partial charge on any atom is -0.472 e. The molecule has 0 radical (unpaired) electrons. The maximum absolute atomic E-state index is 12.1. The number of nitrogens with one attached hydrogen (secondary N) is 1. The third-order valence-electron chi connectivity index (χ3n) is 3.75. The van der Waals surface area contributed by atoms with Crippen LogP contribution in [0.15, 0.2) is 23.0 Å². The highest BCUT2D eigenvalue weighted by Crippen LogP contribution is 2.19. The van der Waals surface area contributed by atoms with Crippen LogP contribution in [0.3, 0.4) is 0 Å². The highest BCUT2D eigenvalue weighted by Gasteiger charge is 2.27. The van der Waals surface area contributed by atoms with E-state index in [1.165, 1.54) is 12.5 Å². The average Bonchev–Trinajstić information content (AvgIpc) is 3.01. The predicted molar refractivity (Wildman–Crippen MR) is 75.3 cm³/mol. The summed E-state index contributed by atoms with van der Waals surface area (Å²) in [7, 11) is 0. The van der Waals surface area contributed by atoms with Gasteiger partial charge in [-0.2, -0.15) is 0 Å². The van der Waals surface area contributed by atoms with Gasteiger partial charge in [-0.3, -0.25) is 9.59 Å². The van der Waals surface area contributed by atoms with Crippen molar-refractivity contribution in [3.63, 3.8) is 0 Å². The predicted octanol–water partition coefficient (Wildman–Crippen LogP) is 2.05. The Labute approximate surface area is 119 Å². The Morgan fingerprint density at radius 3 is 2.75 bits per heavy atom. The zero-order valence-electron chi connectivity index (χ0n) is 11.9. The van der Waals surface area contributed by atoms with Gasteiger partial charge >= 0.3 is 0 Å². The lowest BCUT2D eigenvalue weighted by Crippen LogP contribution is -2.43. The lowest BCUT2D eigenvalue weighted by Gasteiger charge is -2.31. The lowest BCUT2D eigenvalue weighted by atomic mass is 9.95. The van der Waals surface area contributed by atoms with E-state index in [0.29, 0.717) is 18.7 Å². The van der Waals surface area contributed by atoms with Gasteiger partial charge in [0.25, 0.3) is 5.91 Å². The maximum atomic E-state index is 12.1. The molecule has 0 bridgehead atoms. The number of unbranched alkanes of at least 4 members (excludes halogenated alkanes) is 1. The van der Waals surface area contributed by atoms with Crippen molar-refractivity contribution < 1.29 is 14.0 Å². The molecule has 20 heavy (non-hydrogen) atoms. The van der Waals surface area contributed by atoms with Crippen LogP contribution in [-0.4, -0.2) is 36.3 Å². The largest absolute Gasteiger partial charge is 0.472 e. The number of furan rings is 1. The van der Waals surface area contributed by atoms with Gasteiger partial charge in [0.05, 0.1) is 11.8 Å². The Hall–Kier alpha value is -1.78. The van der Waals surface area contributed by atoms with Gasteiger partial charge in [0.15, 0.2) is 0 Å². The molecule has 1 N–H and O–H groups in total. The Morgan fingerprint density at radius 1 is 1.40 bits per heavy atom. The molecule has 2 amide bonds. The van der Waals surface area contributed by atoms with Crippen molar-refractivity contribution in [3.05, 3.63) is 24.2 Å². The van der Waals surface area contributed by atoms with E-state index in [9.17, 15) is 9.59 Å². The van der Waals surface area contributed by atoms with Crippen molar-refractivity contribution in [2.75, 3.05) is 19.6 Å². The smallest absolute Gasteiger partial charge is 0.257 e. The summed E-state index contributed by atoms with van der Waals surface area (Å²) in [5.41, 5.74) is 0.579. The van der Waals surface area contributed by atoms with Crippen LogP contribution >= 0.6 is 0 Å². The summed E-state index contributed by atoms with van der Waals surface area (Å²) in [6, 6.07) is 1.67. The molecule has 1 saturated heterocycles. The Morgan fingerprint density at radius 2 is 2.15 bits per heavy atom. The minimum atomic E-state index is -0.0106. The number of hydrogen-bond donors (Lipinski definition) is 1. The topological polar surface area (TPSA) is 62.6 Å². The maximum Gasteiger partial charge on any atom is 0.257 e. The molecule has 2 rings (SSSR count). The van der Waals surface area contributed by atoms with Crippen molar-refractivity contribution >= 4 is 11.8 Å². The summed E-state index contributed by atoms with van der Waals surface area (Å²) in [5, 5.41) is 2.97. The van der Waals surface area contributed by atoms with Crippen molar-refractivity contribution in [1.29, 1.82) is 0 Å². The van der Waals surface area contributed by atoms with Crippen LogP contribution in [-0.2, 0) is 4.79 Å². The SMILES string of the molecule is CCCCNC(=O)C1CCN(C(=O)c2ccoc2)CC1. The van der Waals surface area contributed by atoms with E-state index in [0.717, 1.165) is 32.2 Å². The first-order valence-electron chi connectivity index (χ1n) is 7.31. The molecule has 110 valence electrons. The Balaban J connectivity index is 1.77. The van der Waals surface area contributed by atoms with Gasteiger partial charge in [-0.15, -0.1) is 0 Å². The molecule has 0 aliphatic carbocycles. The number of nitrogens with zero attached hydrogens (tertiary/aromatic N) is 1. The summed E-state index contributed by atoms with van der Waals surface area (Å²) in [5.74, 6) is 0.165. The molecule has 0 saturated carbocycles. The molecule has 1 aliphatic rings. The number of amides is 2. The highest BCUT2D eigenvalue weighted by atomic mass is 16.3. The number of piperidine rings is 1. The van der Waals surface area contributed by atoms with Gasteiger partial charge in [0.2, 0.25) is 5.91 Å². The van der Waals surface area contributed by atoms with E-state index in [4.69, 9.17) is 4.42 Å². The summed E-state index contributed by atoms with van der Waals surface area (Å²) in [6.45, 7) is 4.13. The summed E-state index contributed by atoms with van der Waals surface area (Å²) < 4.78 is 4.93. The number of hydrogen-bond acceptors (Lipinski definition) is 3. The highest BCUT2D eigenvalue weighted by molar-refractivity contribution is 5.94. The van der Waals surface area contributed by atoms with Gasteiger partial charge < -0.3 is 14.6 Å². The summed E-state index contributed by atoms with van der Waals surface area (Å²) >= 11 is 0. The molecule has 1 aromatic rings. The molecule has 0 spiro atoms. The van der Waals surface area contributed by atoms with Crippen LogP contribution in [0.1, 0.15) is 43.0 Å². The fraction of sp³-hybridized carbons (Fsp3) is 0.600. The molecular formula is C15H22N2O3. The van der Waals surface area contributed by atoms with Crippen molar-refractivity contribution in [2.24, 2.45) is 5.92 Å². The Bertz CT molecular complexity index is 434. The molecule has 0 aromatic carbocycles. The van der Waals surface area contributed by atoms with Gasteiger partial charge in [-0.05, 0) is 25.3 Å². The molecule has 1 fully saturated rings. The van der Waals surface area contributed by atoms with Crippen molar-refractivity contribution in [1.82, 2.24) is 10.2 Å². The molecular weight excluding hydrogens is 256 g/mol. The number of carbonyl (C=O) groups is 2. The van der Waals surface area contributed by atoms with Gasteiger partial charge in [-0.1, -0.05) is 13.3 Å². The van der Waals surface area contributed by atoms with E-state index in [1.807, 2.05) is 0 Å². The lowest BCUT2D eigenvalue weighted by molar-refractivity contribution is -0.126. The van der Waals surface area contributed by atoms with Crippen LogP contribution in [0, 0.1) is 5.92 Å². The zero-order valence-corrected chi connectivity index (χ0v) is 11.9. The normalized spacial score (nSPS) is 16.1. The van der Waals surface area contributed by atoms with E-state index in [-0.39, 0.29) is 17.7 Å². The fourth-order valence-electron chi connectivity index (χ4n) is 2.45. The monoisotopic (exact) mass is 278 g/mol. The first-order chi connectivity index (χ1) is 9.72. The van der Waals surface area contributed by atoms with Crippen LogP contribution < -0.4 is 5.32 Å². The van der Waals surface area contributed by atoms with E-state index in [1.54, 1.807) is 11.0 Å². The standard InChI is InChI=1S/C15H22N2O3/c1-2-3-7-16-14(18)12-4-8-17(9-5-12)15(19)13-6-10-20-11-13/h6,10-12H,2-5,7-9H2,1H3,(H,16,18). The van der Waals surface area contributed by atoms with E-state index >= 15 is 0 Å². The van der Waals surface area contributed by atoms with Crippen LogP contribution in [0.25, 0.3) is 0 Å². The molecule has 0 unspecified atom stereocenters. The van der Waals surface area contributed by atoms with Gasteiger partial charge in [-0.25, -0.2) is 0 Å². The fourth-order valence-corrected chi connectivity index (χ4v) is 2.45. The van der Waals surface area contributed by atoms with Crippen LogP contribution in [0.2, 0.25) is 0 Å². The van der Waals surface area contributed by atoms with E-state index < -0.39 is 0 Å². The van der Waals surface area contributed by atoms with Crippen molar-refractivity contribution in [2.45, 2.75) is 32.6 Å². The van der Waals surface area contributed by atoms with Crippen molar-refractivity contribution in [3.8, 4) is 0 Å².